The molecule has 1 aromatic carbocycles. The van der Waals surface area contributed by atoms with Gasteiger partial charge < -0.3 is 9.64 Å². The van der Waals surface area contributed by atoms with Crippen molar-refractivity contribution >= 4 is 11.6 Å². The summed E-state index contributed by atoms with van der Waals surface area (Å²) < 4.78 is 6.76. The molecule has 1 atom stereocenters. The molecule has 3 aromatic rings. The Labute approximate surface area is 169 Å². The maximum atomic E-state index is 12.9. The first kappa shape index (κ1) is 19.2. The number of amides is 1. The first-order chi connectivity index (χ1) is 14.0. The van der Waals surface area contributed by atoms with Gasteiger partial charge in [0.05, 0.1) is 13.5 Å². The number of ether oxygens (including phenoxy) is 1. The number of carbonyl (C=O) groups excluding carboxylic acids is 1. The van der Waals surface area contributed by atoms with Crippen molar-refractivity contribution in [2.24, 2.45) is 0 Å². The maximum absolute atomic E-state index is 12.9. The van der Waals surface area contributed by atoms with Gasteiger partial charge in [-0.1, -0.05) is 12.1 Å². The molecule has 1 fully saturated rings. The van der Waals surface area contributed by atoms with E-state index in [2.05, 4.69) is 10.1 Å². The summed E-state index contributed by atoms with van der Waals surface area (Å²) in [6.07, 6.45) is 2.27. The molecule has 2 aromatic heterocycles. The van der Waals surface area contributed by atoms with E-state index in [0.717, 1.165) is 42.1 Å². The molecule has 29 heavy (non-hydrogen) atoms. The normalized spacial score (nSPS) is 16.9. The molecule has 0 aliphatic carbocycles. The Morgan fingerprint density at radius 2 is 2.14 bits per heavy atom. The highest BCUT2D eigenvalue weighted by atomic mass is 16.5. The van der Waals surface area contributed by atoms with Crippen LogP contribution < -0.4 is 10.3 Å². The lowest BCUT2D eigenvalue weighted by atomic mass is 9.94. The summed E-state index contributed by atoms with van der Waals surface area (Å²) in [6, 6.07) is 9.57. The zero-order chi connectivity index (χ0) is 20.5. The predicted molar refractivity (Wildman–Crippen MR) is 111 cm³/mol. The third kappa shape index (κ3) is 3.77. The lowest BCUT2D eigenvalue weighted by Gasteiger charge is -2.32. The molecule has 0 spiro atoms. The Bertz CT molecular complexity index is 1110. The lowest BCUT2D eigenvalue weighted by Crippen LogP contribution is -2.40. The lowest BCUT2D eigenvalue weighted by molar-refractivity contribution is -0.131. The Morgan fingerprint density at radius 1 is 1.31 bits per heavy atom. The molecule has 7 nitrogen and oxygen atoms in total. The van der Waals surface area contributed by atoms with Crippen molar-refractivity contribution in [3.63, 3.8) is 0 Å². The minimum absolute atomic E-state index is 0.0690. The fourth-order valence-corrected chi connectivity index (χ4v) is 3.97. The van der Waals surface area contributed by atoms with Gasteiger partial charge >= 0.3 is 0 Å². The smallest absolute Gasteiger partial charge is 0.275 e. The topological polar surface area (TPSA) is 79.7 Å². The number of H-pyrrole nitrogens is 1. The number of hydrogen-bond donors (Lipinski definition) is 1. The molecule has 1 aliphatic rings. The molecule has 1 saturated heterocycles. The summed E-state index contributed by atoms with van der Waals surface area (Å²) in [4.78, 5) is 31.8. The number of fused-ring (bicyclic) bond motifs is 1. The number of nitrogens with one attached hydrogen (secondary N) is 1. The fraction of sp³-hybridized carbons (Fsp3) is 0.409. The van der Waals surface area contributed by atoms with Gasteiger partial charge in [0.2, 0.25) is 5.91 Å². The number of likely N-dealkylation sites (tertiary alicyclic amines) is 1. The van der Waals surface area contributed by atoms with E-state index in [1.165, 1.54) is 4.52 Å². The van der Waals surface area contributed by atoms with Gasteiger partial charge in [-0.15, -0.1) is 0 Å². The first-order valence-corrected chi connectivity index (χ1v) is 9.96. The average Bonchev–Trinajstić information content (AvgIpc) is 3.16. The molecule has 7 heteroatoms. The van der Waals surface area contributed by atoms with Crippen molar-refractivity contribution in [2.45, 2.75) is 39.0 Å². The quantitative estimate of drug-likeness (QED) is 0.738. The number of aryl methyl sites for hydroxylation is 1. The van der Waals surface area contributed by atoms with Crippen LogP contribution in [-0.2, 0) is 11.2 Å². The van der Waals surface area contributed by atoms with Gasteiger partial charge in [0.25, 0.3) is 5.56 Å². The highest BCUT2D eigenvalue weighted by Crippen LogP contribution is 2.27. The van der Waals surface area contributed by atoms with Crippen LogP contribution >= 0.6 is 0 Å². The predicted octanol–water partition coefficient (Wildman–Crippen LogP) is 2.60. The van der Waals surface area contributed by atoms with Crippen LogP contribution in [-0.4, -0.2) is 45.6 Å². The van der Waals surface area contributed by atoms with E-state index in [1.54, 1.807) is 14.0 Å². The van der Waals surface area contributed by atoms with Gasteiger partial charge in [-0.3, -0.25) is 14.7 Å². The number of hydrogen-bond acceptors (Lipinski definition) is 4. The highest BCUT2D eigenvalue weighted by Gasteiger charge is 2.26. The maximum Gasteiger partial charge on any atom is 0.275 e. The molecule has 1 N–H and O–H groups in total. The fourth-order valence-electron chi connectivity index (χ4n) is 3.97. The minimum atomic E-state index is -0.0690. The summed E-state index contributed by atoms with van der Waals surface area (Å²) >= 11 is 0. The molecule has 3 heterocycles. The van der Waals surface area contributed by atoms with Gasteiger partial charge in [0, 0.05) is 42.0 Å². The van der Waals surface area contributed by atoms with Crippen molar-refractivity contribution in [3.8, 4) is 5.75 Å². The number of aromatic amines is 1. The molecule has 0 bridgehead atoms. The number of aromatic nitrogens is 3. The van der Waals surface area contributed by atoms with Crippen molar-refractivity contribution < 1.29 is 9.53 Å². The van der Waals surface area contributed by atoms with Gasteiger partial charge in [-0.05, 0) is 44.4 Å². The van der Waals surface area contributed by atoms with Crippen LogP contribution in [0.3, 0.4) is 0 Å². The largest absolute Gasteiger partial charge is 0.497 e. The Balaban J connectivity index is 1.52. The van der Waals surface area contributed by atoms with E-state index < -0.39 is 0 Å². The van der Waals surface area contributed by atoms with Crippen LogP contribution in [0.15, 0.2) is 35.1 Å². The van der Waals surface area contributed by atoms with Gasteiger partial charge in [0.15, 0.2) is 5.65 Å². The van der Waals surface area contributed by atoms with Gasteiger partial charge in [-0.25, -0.2) is 9.50 Å². The van der Waals surface area contributed by atoms with Crippen molar-refractivity contribution in [1.82, 2.24) is 19.5 Å². The summed E-state index contributed by atoms with van der Waals surface area (Å²) in [6.45, 7) is 5.04. The van der Waals surface area contributed by atoms with Crippen LogP contribution in [0, 0.1) is 13.8 Å². The standard InChI is InChI=1S/C22H26N4O3/c1-14-15(2)23-20-12-19(24-26(20)22(14)28)17-7-5-9-25(13-17)21(27)11-16-6-4-8-18(10-16)29-3/h4,6,8,10,12,17,24H,5,7,9,11,13H2,1-3H3/t17-/m0/s1. The zero-order valence-corrected chi connectivity index (χ0v) is 17.1. The molecule has 4 rings (SSSR count). The number of methoxy groups -OCH3 is 1. The molecule has 0 radical (unpaired) electrons. The van der Waals surface area contributed by atoms with Crippen LogP contribution in [0.1, 0.15) is 41.3 Å². The Morgan fingerprint density at radius 3 is 2.93 bits per heavy atom. The SMILES string of the molecule is COc1cccc(CC(=O)N2CCC[C@H](c3cc4nc(C)c(C)c(=O)n4[nH]3)C2)c1. The summed E-state index contributed by atoms with van der Waals surface area (Å²) in [5.74, 6) is 1.04. The minimum Gasteiger partial charge on any atom is -0.497 e. The highest BCUT2D eigenvalue weighted by molar-refractivity contribution is 5.79. The third-order valence-electron chi connectivity index (χ3n) is 5.81. The van der Waals surface area contributed by atoms with Crippen LogP contribution in [0.25, 0.3) is 5.65 Å². The summed E-state index contributed by atoms with van der Waals surface area (Å²) in [7, 11) is 1.62. The number of carbonyl (C=O) groups is 1. The van der Waals surface area contributed by atoms with E-state index in [1.807, 2.05) is 42.2 Å². The molecular weight excluding hydrogens is 368 g/mol. The van der Waals surface area contributed by atoms with Crippen molar-refractivity contribution in [1.29, 1.82) is 0 Å². The molecule has 0 saturated carbocycles. The van der Waals surface area contributed by atoms with Crippen LogP contribution in [0.2, 0.25) is 0 Å². The number of rotatable bonds is 4. The van der Waals surface area contributed by atoms with Gasteiger partial charge in [-0.2, -0.15) is 0 Å². The molecule has 1 amide bonds. The zero-order valence-electron chi connectivity index (χ0n) is 17.1. The second kappa shape index (κ2) is 7.73. The molecule has 152 valence electrons. The second-order valence-corrected chi connectivity index (χ2v) is 7.74. The first-order valence-electron chi connectivity index (χ1n) is 9.96. The van der Waals surface area contributed by atoms with Crippen molar-refractivity contribution in [3.05, 3.63) is 63.2 Å². The second-order valence-electron chi connectivity index (χ2n) is 7.74. The van der Waals surface area contributed by atoms with E-state index in [0.29, 0.717) is 24.2 Å². The number of benzene rings is 1. The van der Waals surface area contributed by atoms with E-state index in [9.17, 15) is 9.59 Å². The molecule has 0 unspecified atom stereocenters. The summed E-state index contributed by atoms with van der Waals surface area (Å²) in [5.41, 5.74) is 3.87. The number of piperidine rings is 1. The van der Waals surface area contributed by atoms with E-state index >= 15 is 0 Å². The van der Waals surface area contributed by atoms with Crippen molar-refractivity contribution in [2.75, 3.05) is 20.2 Å². The molecular formula is C22H26N4O3. The van der Waals surface area contributed by atoms with Crippen LogP contribution in [0.4, 0.5) is 0 Å². The van der Waals surface area contributed by atoms with Crippen LogP contribution in [0.5, 0.6) is 5.75 Å². The summed E-state index contributed by atoms with van der Waals surface area (Å²) in [5, 5.41) is 3.21. The van der Waals surface area contributed by atoms with E-state index in [-0.39, 0.29) is 17.4 Å². The Kier molecular flexibility index (Phi) is 5.13. The third-order valence-corrected chi connectivity index (χ3v) is 5.81. The Hall–Kier alpha value is -3.09. The van der Waals surface area contributed by atoms with E-state index in [4.69, 9.17) is 4.74 Å². The number of nitrogens with zero attached hydrogens (tertiary/aromatic N) is 3. The molecule has 1 aliphatic heterocycles. The monoisotopic (exact) mass is 394 g/mol. The van der Waals surface area contributed by atoms with Gasteiger partial charge in [0.1, 0.15) is 5.75 Å². The average molecular weight is 394 g/mol.